The van der Waals surface area contributed by atoms with Crippen molar-refractivity contribution in [1.82, 2.24) is 15.2 Å². The highest BCUT2D eigenvalue weighted by Gasteiger charge is 2.23. The maximum Gasteiger partial charge on any atom is 0.326 e. The number of nitrogens with zero attached hydrogens (tertiary/aromatic N) is 1. The van der Waals surface area contributed by atoms with Crippen LogP contribution in [0.4, 0.5) is 4.79 Å². The first-order valence-electron chi connectivity index (χ1n) is 6.57. The van der Waals surface area contributed by atoms with E-state index in [2.05, 4.69) is 10.6 Å². The van der Waals surface area contributed by atoms with Gasteiger partial charge in [-0.3, -0.25) is 19.5 Å². The molecular weight excluding hydrogens is 270 g/mol. The maximum absolute atomic E-state index is 12.0. The van der Waals surface area contributed by atoms with Crippen molar-refractivity contribution in [3.8, 4) is 0 Å². The van der Waals surface area contributed by atoms with Gasteiger partial charge in [-0.25, -0.2) is 4.79 Å². The van der Waals surface area contributed by atoms with Gasteiger partial charge < -0.3 is 5.32 Å². The molecule has 0 aliphatic carbocycles. The predicted octanol–water partition coefficient (Wildman–Crippen LogP) is 1.87. The van der Waals surface area contributed by atoms with Crippen LogP contribution in [0, 0.1) is 0 Å². The molecule has 0 radical (unpaired) electrons. The number of carbonyl (C=O) groups excluding carboxylic acids is 3. The quantitative estimate of drug-likeness (QED) is 0.652. The van der Waals surface area contributed by atoms with Crippen LogP contribution in [0.15, 0.2) is 36.2 Å². The Bertz CT molecular complexity index is 802. The Hall–Kier alpha value is -2.89. The zero-order valence-corrected chi connectivity index (χ0v) is 11.3. The van der Waals surface area contributed by atoms with E-state index in [0.29, 0.717) is 12.0 Å². The SMILES string of the molecule is CCC(=O)n1cc(/C=C2/NC(=O)NC2=O)c2ccccc21. The molecule has 6 nitrogen and oxygen atoms in total. The Balaban J connectivity index is 2.15. The van der Waals surface area contributed by atoms with Gasteiger partial charge in [0.15, 0.2) is 0 Å². The van der Waals surface area contributed by atoms with Crippen molar-refractivity contribution in [3.63, 3.8) is 0 Å². The summed E-state index contributed by atoms with van der Waals surface area (Å²) in [5.74, 6) is -0.505. The van der Waals surface area contributed by atoms with Crippen LogP contribution >= 0.6 is 0 Å². The fraction of sp³-hybridized carbons (Fsp3) is 0.133. The molecule has 1 aromatic heterocycles. The third kappa shape index (κ3) is 2.20. The molecule has 1 aromatic carbocycles. The summed E-state index contributed by atoms with van der Waals surface area (Å²) in [4.78, 5) is 34.7. The molecule has 0 atom stereocenters. The monoisotopic (exact) mass is 283 g/mol. The molecule has 0 unspecified atom stereocenters. The molecule has 3 amide bonds. The van der Waals surface area contributed by atoms with E-state index in [1.807, 2.05) is 24.3 Å². The zero-order valence-electron chi connectivity index (χ0n) is 11.3. The summed E-state index contributed by atoms with van der Waals surface area (Å²) in [5, 5.41) is 5.43. The number of rotatable bonds is 2. The molecular formula is C15H13N3O3. The minimum atomic E-state index is -0.542. The van der Waals surface area contributed by atoms with Crippen LogP contribution in [0.3, 0.4) is 0 Å². The Morgan fingerprint density at radius 1 is 1.24 bits per heavy atom. The van der Waals surface area contributed by atoms with Gasteiger partial charge in [0.2, 0.25) is 5.91 Å². The molecule has 2 aromatic rings. The number of fused-ring (bicyclic) bond motifs is 1. The van der Waals surface area contributed by atoms with E-state index in [4.69, 9.17) is 0 Å². The van der Waals surface area contributed by atoms with Gasteiger partial charge >= 0.3 is 6.03 Å². The predicted molar refractivity (Wildman–Crippen MR) is 77.5 cm³/mol. The topological polar surface area (TPSA) is 80.2 Å². The molecule has 0 saturated carbocycles. The normalized spacial score (nSPS) is 16.3. The summed E-state index contributed by atoms with van der Waals surface area (Å²) < 4.78 is 1.57. The second-order valence-electron chi connectivity index (χ2n) is 4.69. The molecule has 2 heterocycles. The van der Waals surface area contributed by atoms with Crippen molar-refractivity contribution in [2.45, 2.75) is 13.3 Å². The van der Waals surface area contributed by atoms with E-state index in [1.54, 1.807) is 23.8 Å². The molecule has 1 aliphatic heterocycles. The Morgan fingerprint density at radius 3 is 2.67 bits per heavy atom. The van der Waals surface area contributed by atoms with Gasteiger partial charge in [0.1, 0.15) is 5.70 Å². The highest BCUT2D eigenvalue weighted by atomic mass is 16.2. The summed E-state index contributed by atoms with van der Waals surface area (Å²) in [6, 6.07) is 6.88. The van der Waals surface area contributed by atoms with Crippen molar-refractivity contribution in [2.75, 3.05) is 0 Å². The minimum Gasteiger partial charge on any atom is -0.303 e. The lowest BCUT2D eigenvalue weighted by Crippen LogP contribution is -2.22. The average molecular weight is 283 g/mol. The Kier molecular flexibility index (Phi) is 3.06. The molecule has 0 spiro atoms. The van der Waals surface area contributed by atoms with Crippen LogP contribution in [0.1, 0.15) is 23.7 Å². The lowest BCUT2D eigenvalue weighted by molar-refractivity contribution is -0.115. The van der Waals surface area contributed by atoms with Gasteiger partial charge in [-0.2, -0.15) is 0 Å². The van der Waals surface area contributed by atoms with Crippen LogP contribution < -0.4 is 10.6 Å². The summed E-state index contributed by atoms with van der Waals surface area (Å²) in [5.41, 5.74) is 1.66. The molecule has 3 rings (SSSR count). The second-order valence-corrected chi connectivity index (χ2v) is 4.69. The van der Waals surface area contributed by atoms with Crippen LogP contribution in [-0.2, 0) is 4.79 Å². The summed E-state index contributed by atoms with van der Waals surface area (Å²) in [6.07, 6.45) is 3.63. The first-order chi connectivity index (χ1) is 10.1. The largest absolute Gasteiger partial charge is 0.326 e. The van der Waals surface area contributed by atoms with Gasteiger partial charge in [0, 0.05) is 23.6 Å². The first-order valence-corrected chi connectivity index (χ1v) is 6.57. The highest BCUT2D eigenvalue weighted by Crippen LogP contribution is 2.24. The number of aromatic nitrogens is 1. The number of urea groups is 1. The minimum absolute atomic E-state index is 0.0317. The fourth-order valence-electron chi connectivity index (χ4n) is 2.34. The number of benzene rings is 1. The lowest BCUT2D eigenvalue weighted by Gasteiger charge is -1.99. The lowest BCUT2D eigenvalue weighted by atomic mass is 10.1. The van der Waals surface area contributed by atoms with Crippen LogP contribution in [0.25, 0.3) is 17.0 Å². The van der Waals surface area contributed by atoms with E-state index in [1.165, 1.54) is 0 Å². The van der Waals surface area contributed by atoms with Gasteiger partial charge in [0.25, 0.3) is 5.91 Å². The van der Waals surface area contributed by atoms with Gasteiger partial charge in [-0.05, 0) is 12.1 Å². The Morgan fingerprint density at radius 2 is 2.00 bits per heavy atom. The third-order valence-corrected chi connectivity index (χ3v) is 3.33. The van der Waals surface area contributed by atoms with Crippen molar-refractivity contribution in [3.05, 3.63) is 41.7 Å². The standard InChI is InChI=1S/C15H13N3O3/c1-2-13(19)18-8-9(10-5-3-4-6-12(10)18)7-11-14(20)17-15(21)16-11/h3-8H,2H2,1H3,(H2,16,17,20,21)/b11-7+. The Labute approximate surface area is 120 Å². The number of imide groups is 1. The number of hydrogen-bond acceptors (Lipinski definition) is 3. The second kappa shape index (κ2) is 4.90. The number of carbonyl (C=O) groups is 3. The van der Waals surface area contributed by atoms with Gasteiger partial charge in [-0.1, -0.05) is 25.1 Å². The van der Waals surface area contributed by atoms with Gasteiger partial charge in [0.05, 0.1) is 5.52 Å². The van der Waals surface area contributed by atoms with E-state index in [9.17, 15) is 14.4 Å². The van der Waals surface area contributed by atoms with Crippen LogP contribution in [0.5, 0.6) is 0 Å². The van der Waals surface area contributed by atoms with Crippen molar-refractivity contribution in [2.24, 2.45) is 0 Å². The van der Waals surface area contributed by atoms with Gasteiger partial charge in [-0.15, -0.1) is 0 Å². The van der Waals surface area contributed by atoms with Crippen molar-refractivity contribution in [1.29, 1.82) is 0 Å². The average Bonchev–Trinajstić information content (AvgIpc) is 2.99. The van der Waals surface area contributed by atoms with E-state index >= 15 is 0 Å². The van der Waals surface area contributed by atoms with Crippen LogP contribution in [0.2, 0.25) is 0 Å². The first kappa shape index (κ1) is 13.1. The molecule has 1 aliphatic rings. The fourth-order valence-corrected chi connectivity index (χ4v) is 2.34. The number of nitrogens with one attached hydrogen (secondary N) is 2. The summed E-state index contributed by atoms with van der Waals surface area (Å²) in [7, 11) is 0. The molecule has 21 heavy (non-hydrogen) atoms. The number of para-hydroxylation sites is 1. The molecule has 0 bridgehead atoms. The maximum atomic E-state index is 12.0. The summed E-state index contributed by atoms with van der Waals surface area (Å²) in [6.45, 7) is 1.79. The summed E-state index contributed by atoms with van der Waals surface area (Å²) >= 11 is 0. The number of amides is 3. The van der Waals surface area contributed by atoms with E-state index in [-0.39, 0.29) is 11.6 Å². The van der Waals surface area contributed by atoms with Crippen molar-refractivity contribution < 1.29 is 14.4 Å². The molecule has 2 N–H and O–H groups in total. The highest BCUT2D eigenvalue weighted by molar-refractivity contribution is 6.14. The number of hydrogen-bond donors (Lipinski definition) is 2. The van der Waals surface area contributed by atoms with Crippen molar-refractivity contribution >= 4 is 34.8 Å². The smallest absolute Gasteiger partial charge is 0.303 e. The molecule has 1 fully saturated rings. The molecule has 6 heteroatoms. The van der Waals surface area contributed by atoms with Crippen LogP contribution in [-0.4, -0.2) is 22.4 Å². The third-order valence-electron chi connectivity index (χ3n) is 3.33. The zero-order chi connectivity index (χ0) is 15.0. The van der Waals surface area contributed by atoms with E-state index < -0.39 is 11.9 Å². The molecule has 1 saturated heterocycles. The van der Waals surface area contributed by atoms with E-state index in [0.717, 1.165) is 10.9 Å². The molecule has 106 valence electrons.